The predicted octanol–water partition coefficient (Wildman–Crippen LogP) is 1.80. The van der Waals surface area contributed by atoms with Gasteiger partial charge in [0, 0.05) is 12.7 Å². The van der Waals surface area contributed by atoms with Crippen molar-refractivity contribution in [3.63, 3.8) is 0 Å². The molecule has 0 saturated carbocycles. The van der Waals surface area contributed by atoms with Gasteiger partial charge >= 0.3 is 5.97 Å². The van der Waals surface area contributed by atoms with Gasteiger partial charge in [0.2, 0.25) is 0 Å². The Morgan fingerprint density at radius 2 is 2.05 bits per heavy atom. The van der Waals surface area contributed by atoms with Crippen LogP contribution in [0, 0.1) is 0 Å². The minimum absolute atomic E-state index is 0.146. The number of hydrogen-bond donors (Lipinski definition) is 2. The molecule has 100 valence electrons. The fourth-order valence-corrected chi connectivity index (χ4v) is 1.63. The van der Waals surface area contributed by atoms with Gasteiger partial charge in [0.15, 0.2) is 0 Å². The van der Waals surface area contributed by atoms with Crippen LogP contribution in [0.2, 0.25) is 0 Å². The number of carboxylic acid groups (broad SMARTS) is 1. The molecule has 0 saturated heterocycles. The highest BCUT2D eigenvalue weighted by Crippen LogP contribution is 2.23. The number of benzene rings is 1. The molecule has 1 heterocycles. The number of hydrogen-bond acceptors (Lipinski definition) is 4. The maximum atomic E-state index is 11.0. The number of carbonyl (C=O) groups is 1. The number of nitrogens with zero attached hydrogens (tertiary/aromatic N) is 1. The largest absolute Gasteiger partial charge is 0.491 e. The van der Waals surface area contributed by atoms with Gasteiger partial charge < -0.3 is 14.6 Å². The summed E-state index contributed by atoms with van der Waals surface area (Å²) >= 11 is 0. The Morgan fingerprint density at radius 3 is 2.68 bits per heavy atom. The lowest BCUT2D eigenvalue weighted by molar-refractivity contribution is 0.0698. The highest BCUT2D eigenvalue weighted by molar-refractivity contribution is 5.94. The Labute approximate surface area is 110 Å². The maximum absolute atomic E-state index is 11.0. The number of aromatic amines is 1. The van der Waals surface area contributed by atoms with Crippen molar-refractivity contribution in [1.29, 1.82) is 0 Å². The molecule has 0 radical (unpaired) electrons. The van der Waals surface area contributed by atoms with Gasteiger partial charge in [0.25, 0.3) is 0 Å². The topological polar surface area (TPSA) is 84.4 Å². The van der Waals surface area contributed by atoms with E-state index in [2.05, 4.69) is 10.2 Å². The lowest BCUT2D eigenvalue weighted by Gasteiger charge is -2.06. The van der Waals surface area contributed by atoms with Crippen molar-refractivity contribution in [2.75, 3.05) is 20.3 Å². The molecule has 0 aliphatic carbocycles. The van der Waals surface area contributed by atoms with Crippen molar-refractivity contribution >= 4 is 5.97 Å². The smallest absolute Gasteiger partial charge is 0.339 e. The number of aromatic nitrogens is 2. The van der Waals surface area contributed by atoms with Crippen LogP contribution >= 0.6 is 0 Å². The minimum atomic E-state index is -1.01. The van der Waals surface area contributed by atoms with Crippen molar-refractivity contribution in [3.05, 3.63) is 36.0 Å². The quantitative estimate of drug-likeness (QED) is 0.775. The molecule has 0 aliphatic rings. The van der Waals surface area contributed by atoms with E-state index in [4.69, 9.17) is 14.6 Å². The predicted molar refractivity (Wildman–Crippen MR) is 68.4 cm³/mol. The SMILES string of the molecule is COCCOc1ccc(-c2[nH]ncc2C(=O)O)cc1. The number of carboxylic acids is 1. The van der Waals surface area contributed by atoms with E-state index >= 15 is 0 Å². The van der Waals surface area contributed by atoms with Gasteiger partial charge in [-0.1, -0.05) is 0 Å². The summed E-state index contributed by atoms with van der Waals surface area (Å²) in [6.07, 6.45) is 1.29. The third-order valence-corrected chi connectivity index (χ3v) is 2.57. The Bertz CT molecular complexity index is 548. The fourth-order valence-electron chi connectivity index (χ4n) is 1.63. The summed E-state index contributed by atoms with van der Waals surface area (Å²) in [6.45, 7) is 0.992. The zero-order valence-electron chi connectivity index (χ0n) is 10.4. The van der Waals surface area contributed by atoms with Crippen LogP contribution in [0.4, 0.5) is 0 Å². The number of ether oxygens (including phenoxy) is 2. The van der Waals surface area contributed by atoms with Crippen LogP contribution in [0.3, 0.4) is 0 Å². The average molecular weight is 262 g/mol. The molecule has 6 nitrogen and oxygen atoms in total. The first-order chi connectivity index (χ1) is 9.22. The summed E-state index contributed by atoms with van der Waals surface area (Å²) < 4.78 is 10.3. The molecule has 2 aromatic rings. The van der Waals surface area contributed by atoms with Gasteiger partial charge in [-0.05, 0) is 24.3 Å². The van der Waals surface area contributed by atoms with Crippen LogP contribution in [-0.4, -0.2) is 41.6 Å². The van der Waals surface area contributed by atoms with Crippen molar-refractivity contribution < 1.29 is 19.4 Å². The Hall–Kier alpha value is -2.34. The van der Waals surface area contributed by atoms with E-state index in [1.807, 2.05) is 0 Å². The molecule has 2 N–H and O–H groups in total. The maximum Gasteiger partial charge on any atom is 0.339 e. The second kappa shape index (κ2) is 6.01. The number of rotatable bonds is 6. The van der Waals surface area contributed by atoms with Crippen LogP contribution in [0.15, 0.2) is 30.5 Å². The van der Waals surface area contributed by atoms with Crippen molar-refractivity contribution in [1.82, 2.24) is 10.2 Å². The first-order valence-corrected chi connectivity index (χ1v) is 5.71. The molecule has 0 amide bonds. The molecular formula is C13H14N2O4. The van der Waals surface area contributed by atoms with E-state index in [1.54, 1.807) is 31.4 Å². The van der Waals surface area contributed by atoms with Gasteiger partial charge in [-0.3, -0.25) is 5.10 Å². The molecular weight excluding hydrogens is 248 g/mol. The van der Waals surface area contributed by atoms with Crippen LogP contribution in [-0.2, 0) is 4.74 Å². The van der Waals surface area contributed by atoms with Crippen LogP contribution in [0.1, 0.15) is 10.4 Å². The van der Waals surface area contributed by atoms with Gasteiger partial charge in [0.05, 0.1) is 18.5 Å². The molecule has 1 aromatic heterocycles. The summed E-state index contributed by atoms with van der Waals surface area (Å²) in [5.74, 6) is -0.304. The third kappa shape index (κ3) is 3.11. The standard InChI is InChI=1S/C13H14N2O4/c1-18-6-7-19-10-4-2-9(3-5-10)12-11(13(16)17)8-14-15-12/h2-5,8H,6-7H2,1H3,(H,14,15)(H,16,17). The first kappa shape index (κ1) is 13.1. The number of aromatic carboxylic acids is 1. The molecule has 0 aliphatic heterocycles. The van der Waals surface area contributed by atoms with Crippen LogP contribution < -0.4 is 4.74 Å². The second-order valence-electron chi connectivity index (χ2n) is 3.83. The summed E-state index contributed by atoms with van der Waals surface area (Å²) in [5.41, 5.74) is 1.37. The van der Waals surface area contributed by atoms with E-state index < -0.39 is 5.97 Å². The molecule has 2 rings (SSSR count). The third-order valence-electron chi connectivity index (χ3n) is 2.57. The molecule has 0 spiro atoms. The van der Waals surface area contributed by atoms with Crippen molar-refractivity contribution in [3.8, 4) is 17.0 Å². The van der Waals surface area contributed by atoms with Crippen molar-refractivity contribution in [2.24, 2.45) is 0 Å². The Balaban J connectivity index is 2.13. The van der Waals surface area contributed by atoms with E-state index in [1.165, 1.54) is 6.20 Å². The van der Waals surface area contributed by atoms with Gasteiger partial charge in [0.1, 0.15) is 17.9 Å². The fraction of sp³-hybridized carbons (Fsp3) is 0.231. The summed E-state index contributed by atoms with van der Waals surface area (Å²) in [7, 11) is 1.61. The molecule has 0 unspecified atom stereocenters. The average Bonchev–Trinajstić information content (AvgIpc) is 2.89. The zero-order chi connectivity index (χ0) is 13.7. The molecule has 0 atom stereocenters. The lowest BCUT2D eigenvalue weighted by atomic mass is 10.1. The Morgan fingerprint density at radius 1 is 1.32 bits per heavy atom. The van der Waals surface area contributed by atoms with E-state index in [0.717, 1.165) is 5.56 Å². The van der Waals surface area contributed by atoms with E-state index in [0.29, 0.717) is 24.7 Å². The monoisotopic (exact) mass is 262 g/mol. The number of nitrogens with one attached hydrogen (secondary N) is 1. The second-order valence-corrected chi connectivity index (χ2v) is 3.83. The Kier molecular flexibility index (Phi) is 4.15. The van der Waals surface area contributed by atoms with Gasteiger partial charge in [-0.2, -0.15) is 5.10 Å². The summed E-state index contributed by atoms with van der Waals surface area (Å²) in [5, 5.41) is 15.4. The van der Waals surface area contributed by atoms with Crippen molar-refractivity contribution in [2.45, 2.75) is 0 Å². The van der Waals surface area contributed by atoms with Crippen LogP contribution in [0.5, 0.6) is 5.75 Å². The number of H-pyrrole nitrogens is 1. The molecule has 0 bridgehead atoms. The lowest BCUT2D eigenvalue weighted by Crippen LogP contribution is -2.04. The summed E-state index contributed by atoms with van der Waals surface area (Å²) in [6, 6.07) is 7.11. The highest BCUT2D eigenvalue weighted by Gasteiger charge is 2.13. The molecule has 1 aromatic carbocycles. The number of methoxy groups -OCH3 is 1. The first-order valence-electron chi connectivity index (χ1n) is 5.71. The molecule has 6 heteroatoms. The molecule has 19 heavy (non-hydrogen) atoms. The van der Waals surface area contributed by atoms with Crippen LogP contribution in [0.25, 0.3) is 11.3 Å². The van der Waals surface area contributed by atoms with E-state index in [-0.39, 0.29) is 5.56 Å². The van der Waals surface area contributed by atoms with Gasteiger partial charge in [-0.15, -0.1) is 0 Å². The highest BCUT2D eigenvalue weighted by atomic mass is 16.5. The normalized spacial score (nSPS) is 10.4. The zero-order valence-corrected chi connectivity index (χ0v) is 10.4. The minimum Gasteiger partial charge on any atom is -0.491 e. The molecule has 0 fully saturated rings. The summed E-state index contributed by atoms with van der Waals surface area (Å²) in [4.78, 5) is 11.0. The van der Waals surface area contributed by atoms with Gasteiger partial charge in [-0.25, -0.2) is 4.79 Å². The van der Waals surface area contributed by atoms with E-state index in [9.17, 15) is 4.79 Å².